The number of Topliss-reactive ketones (excluding diaryl/α,β-unsaturated/α-hetero) is 1. The van der Waals surface area contributed by atoms with Gasteiger partial charge >= 0.3 is 0 Å². The Bertz CT molecular complexity index is 817. The molecule has 0 aliphatic heterocycles. The molecule has 0 N–H and O–H groups in total. The highest BCUT2D eigenvalue weighted by Gasteiger charge is 2.13. The van der Waals surface area contributed by atoms with Crippen molar-refractivity contribution >= 4 is 52.8 Å². The second-order valence-corrected chi connectivity index (χ2v) is 8.01. The second kappa shape index (κ2) is 9.45. The molecule has 0 aromatic heterocycles. The van der Waals surface area contributed by atoms with Gasteiger partial charge in [0.25, 0.3) is 0 Å². The van der Waals surface area contributed by atoms with E-state index in [2.05, 4.69) is 11.9 Å². The van der Waals surface area contributed by atoms with E-state index >= 15 is 0 Å². The fourth-order valence-corrected chi connectivity index (χ4v) is 3.85. The fraction of sp³-hybridized carbons (Fsp3) is 0.300. The smallest absolute Gasteiger partial charge is 0.173 e. The molecule has 0 bridgehead atoms. The Hall–Kier alpha value is -1.49. The van der Waals surface area contributed by atoms with Gasteiger partial charge in [-0.1, -0.05) is 23.2 Å². The lowest BCUT2D eigenvalue weighted by molar-refractivity contribution is 0.102. The number of ketones is 1. The van der Waals surface area contributed by atoms with Gasteiger partial charge in [0.1, 0.15) is 0 Å². The molecule has 0 unspecified atom stereocenters. The maximum atomic E-state index is 12.7. The molecule has 0 atom stereocenters. The van der Waals surface area contributed by atoms with E-state index < -0.39 is 0 Å². The summed E-state index contributed by atoms with van der Waals surface area (Å²) in [6, 6.07) is 9.18. The average Bonchev–Trinajstić information content (AvgIpc) is 2.58. The number of thioether (sulfide) groups is 1. The van der Waals surface area contributed by atoms with Gasteiger partial charge in [0.2, 0.25) is 0 Å². The Kier molecular flexibility index (Phi) is 7.56. The average molecular weight is 409 g/mol. The molecule has 6 heteroatoms. The van der Waals surface area contributed by atoms with Gasteiger partial charge < -0.3 is 4.90 Å². The molecular weight excluding hydrogens is 387 g/mol. The molecule has 0 fully saturated rings. The number of hydrogen-bond donors (Lipinski definition) is 0. The maximum Gasteiger partial charge on any atom is 0.173 e. The summed E-state index contributed by atoms with van der Waals surface area (Å²) in [6.07, 6.45) is 1.81. The molecule has 138 valence electrons. The van der Waals surface area contributed by atoms with Crippen molar-refractivity contribution in [1.29, 1.82) is 0 Å². The first-order chi connectivity index (χ1) is 12.3. The predicted molar refractivity (Wildman–Crippen MR) is 114 cm³/mol. The number of hydrogen-bond acceptors (Lipinski definition) is 3. The molecule has 0 aliphatic carbocycles. The van der Waals surface area contributed by atoms with Crippen molar-refractivity contribution in [3.63, 3.8) is 0 Å². The third-order valence-corrected chi connectivity index (χ3v) is 5.35. The van der Waals surface area contributed by atoms with Crippen LogP contribution >= 0.6 is 35.0 Å². The normalized spacial score (nSPS) is 11.2. The van der Waals surface area contributed by atoms with Crippen molar-refractivity contribution in [1.82, 2.24) is 4.90 Å². The van der Waals surface area contributed by atoms with E-state index in [9.17, 15) is 4.79 Å². The van der Waals surface area contributed by atoms with Gasteiger partial charge in [-0.2, -0.15) is 0 Å². The third kappa shape index (κ3) is 5.76. The molecule has 0 amide bonds. The van der Waals surface area contributed by atoms with Crippen LogP contribution in [0.15, 0.2) is 40.2 Å². The zero-order valence-electron chi connectivity index (χ0n) is 15.3. The van der Waals surface area contributed by atoms with E-state index in [1.165, 1.54) is 11.8 Å². The molecule has 0 spiro atoms. The third-order valence-electron chi connectivity index (χ3n) is 3.94. The van der Waals surface area contributed by atoms with Crippen LogP contribution in [0, 0.1) is 13.8 Å². The molecule has 2 aromatic carbocycles. The Labute approximate surface area is 169 Å². The first-order valence-corrected chi connectivity index (χ1v) is 10.0. The number of carbonyl (C=O) groups excluding carboxylic acids is 1. The summed E-state index contributed by atoms with van der Waals surface area (Å²) in [4.78, 5) is 20.0. The maximum absolute atomic E-state index is 12.7. The van der Waals surface area contributed by atoms with E-state index in [1.807, 2.05) is 56.4 Å². The molecule has 0 saturated carbocycles. The Morgan fingerprint density at radius 1 is 1.12 bits per heavy atom. The molecule has 3 nitrogen and oxygen atoms in total. The van der Waals surface area contributed by atoms with Gasteiger partial charge in [-0.05, 0) is 62.2 Å². The summed E-state index contributed by atoms with van der Waals surface area (Å²) < 4.78 is 0. The topological polar surface area (TPSA) is 32.7 Å². The zero-order valence-corrected chi connectivity index (χ0v) is 17.7. The summed E-state index contributed by atoms with van der Waals surface area (Å²) in [5.41, 5.74) is 3.52. The number of aliphatic imine (C=N–C) groups is 1. The van der Waals surface area contributed by atoms with Gasteiger partial charge in [-0.25, -0.2) is 4.99 Å². The quantitative estimate of drug-likeness (QED) is 0.236. The first-order valence-electron chi connectivity index (χ1n) is 8.28. The van der Waals surface area contributed by atoms with E-state index in [0.717, 1.165) is 33.8 Å². The number of nitrogens with zero attached hydrogens (tertiary/aromatic N) is 2. The summed E-state index contributed by atoms with van der Waals surface area (Å²) in [6.45, 7) is 6.87. The zero-order chi connectivity index (χ0) is 19.3. The van der Waals surface area contributed by atoms with E-state index in [4.69, 9.17) is 23.2 Å². The van der Waals surface area contributed by atoms with Crippen LogP contribution in [-0.4, -0.2) is 36.4 Å². The van der Waals surface area contributed by atoms with Gasteiger partial charge in [-0.3, -0.25) is 4.79 Å². The Morgan fingerprint density at radius 2 is 1.77 bits per heavy atom. The van der Waals surface area contributed by atoms with Crippen LogP contribution in [-0.2, 0) is 0 Å². The Balaban J connectivity index is 2.13. The highest BCUT2D eigenvalue weighted by atomic mass is 35.5. The number of carbonyl (C=O) groups is 1. The van der Waals surface area contributed by atoms with E-state index in [1.54, 1.807) is 6.07 Å². The molecular formula is C20H22Cl2N2OS. The summed E-state index contributed by atoms with van der Waals surface area (Å²) in [5, 5.41) is 1.14. The highest BCUT2D eigenvalue weighted by molar-refractivity contribution is 8.00. The van der Waals surface area contributed by atoms with Crippen LogP contribution in [0.2, 0.25) is 10.0 Å². The molecule has 2 rings (SSSR count). The second-order valence-electron chi connectivity index (χ2n) is 6.09. The van der Waals surface area contributed by atoms with Crippen molar-refractivity contribution in [2.75, 3.05) is 19.3 Å². The van der Waals surface area contributed by atoms with Crippen LogP contribution in [0.4, 0.5) is 5.69 Å². The summed E-state index contributed by atoms with van der Waals surface area (Å²) in [7, 11) is 1.98. The molecule has 0 radical (unpaired) electrons. The molecule has 0 heterocycles. The van der Waals surface area contributed by atoms with Crippen LogP contribution in [0.1, 0.15) is 28.4 Å². The minimum atomic E-state index is 0.0768. The molecule has 0 aliphatic rings. The largest absolute Gasteiger partial charge is 0.366 e. The molecule has 26 heavy (non-hydrogen) atoms. The van der Waals surface area contributed by atoms with Gasteiger partial charge in [-0.15, -0.1) is 11.8 Å². The van der Waals surface area contributed by atoms with Gasteiger partial charge in [0, 0.05) is 34.1 Å². The summed E-state index contributed by atoms with van der Waals surface area (Å²) >= 11 is 13.5. The number of halogens is 2. The number of rotatable bonds is 7. The standard InChI is InChI=1S/C20H22Cl2N2OS/c1-5-24(4)12-23-19-7-13(2)18(6-14(19)3)20(25)11-26-17-9-15(21)8-16(22)10-17/h6-10,12H,5,11H2,1-4H3. The van der Waals surface area contributed by atoms with Crippen LogP contribution < -0.4 is 0 Å². The highest BCUT2D eigenvalue weighted by Crippen LogP contribution is 2.28. The minimum absolute atomic E-state index is 0.0768. The van der Waals surface area contributed by atoms with Gasteiger partial charge in [0.15, 0.2) is 5.78 Å². The summed E-state index contributed by atoms with van der Waals surface area (Å²) in [5.74, 6) is 0.408. The SMILES string of the molecule is CCN(C)C=Nc1cc(C)c(C(=O)CSc2cc(Cl)cc(Cl)c2)cc1C. The minimum Gasteiger partial charge on any atom is -0.366 e. The molecule has 0 saturated heterocycles. The van der Waals surface area contributed by atoms with Crippen molar-refractivity contribution in [3.8, 4) is 0 Å². The van der Waals surface area contributed by atoms with Crippen LogP contribution in [0.3, 0.4) is 0 Å². The lowest BCUT2D eigenvalue weighted by atomic mass is 10.0. The first kappa shape index (κ1) is 20.8. The predicted octanol–water partition coefficient (Wildman–Crippen LogP) is 6.20. The lowest BCUT2D eigenvalue weighted by Crippen LogP contribution is -2.14. The Morgan fingerprint density at radius 3 is 2.38 bits per heavy atom. The van der Waals surface area contributed by atoms with Gasteiger partial charge in [0.05, 0.1) is 17.8 Å². The van der Waals surface area contributed by atoms with Crippen molar-refractivity contribution in [3.05, 3.63) is 57.1 Å². The molecule has 2 aromatic rings. The van der Waals surface area contributed by atoms with E-state index in [0.29, 0.717) is 15.8 Å². The van der Waals surface area contributed by atoms with Crippen LogP contribution in [0.5, 0.6) is 0 Å². The van der Waals surface area contributed by atoms with Crippen molar-refractivity contribution < 1.29 is 4.79 Å². The number of aryl methyl sites for hydroxylation is 2. The van der Waals surface area contributed by atoms with E-state index in [-0.39, 0.29) is 5.78 Å². The lowest BCUT2D eigenvalue weighted by Gasteiger charge is -2.11. The number of benzene rings is 2. The fourth-order valence-electron chi connectivity index (χ4n) is 2.32. The van der Waals surface area contributed by atoms with Crippen molar-refractivity contribution in [2.45, 2.75) is 25.7 Å². The van der Waals surface area contributed by atoms with Crippen LogP contribution in [0.25, 0.3) is 0 Å². The monoisotopic (exact) mass is 408 g/mol. The van der Waals surface area contributed by atoms with Crippen molar-refractivity contribution in [2.24, 2.45) is 4.99 Å².